The van der Waals surface area contributed by atoms with E-state index in [0.717, 1.165) is 5.92 Å². The van der Waals surface area contributed by atoms with Gasteiger partial charge in [-0.15, -0.1) is 0 Å². The molecule has 0 aromatic rings. The standard InChI is InChI=1S/C6H12N4/c1-9-6(5-3-4-5)10(2)8-7-9/h5-6H,3-4H2,1-2H3. The molecular weight excluding hydrogens is 128 g/mol. The van der Waals surface area contributed by atoms with Crippen molar-refractivity contribution >= 4 is 0 Å². The normalized spacial score (nSPS) is 26.6. The van der Waals surface area contributed by atoms with Crippen molar-refractivity contribution in [2.45, 2.75) is 19.0 Å². The van der Waals surface area contributed by atoms with Gasteiger partial charge in [0.05, 0.1) is 0 Å². The van der Waals surface area contributed by atoms with Crippen LogP contribution in [0.3, 0.4) is 0 Å². The fourth-order valence-electron chi connectivity index (χ4n) is 1.48. The van der Waals surface area contributed by atoms with E-state index in [1.165, 1.54) is 12.8 Å². The van der Waals surface area contributed by atoms with Crippen molar-refractivity contribution in [3.05, 3.63) is 0 Å². The van der Waals surface area contributed by atoms with Crippen LogP contribution in [0, 0.1) is 5.92 Å². The SMILES string of the molecule is CN1N=NN(C)C1C1CC1. The van der Waals surface area contributed by atoms with Gasteiger partial charge in [0.1, 0.15) is 6.17 Å². The number of hydrogen-bond acceptors (Lipinski definition) is 4. The minimum Gasteiger partial charge on any atom is -0.256 e. The van der Waals surface area contributed by atoms with Crippen LogP contribution in [-0.4, -0.2) is 30.3 Å². The lowest BCUT2D eigenvalue weighted by molar-refractivity contribution is 0.133. The maximum Gasteiger partial charge on any atom is 0.139 e. The highest BCUT2D eigenvalue weighted by molar-refractivity contribution is 4.85. The van der Waals surface area contributed by atoms with E-state index in [2.05, 4.69) is 10.4 Å². The first-order chi connectivity index (χ1) is 4.79. The molecule has 0 aromatic heterocycles. The second-order valence-electron chi connectivity index (χ2n) is 3.08. The lowest BCUT2D eigenvalue weighted by atomic mass is 10.3. The van der Waals surface area contributed by atoms with Crippen molar-refractivity contribution in [2.75, 3.05) is 14.1 Å². The number of nitrogens with zero attached hydrogens (tertiary/aromatic N) is 4. The molecular formula is C6H12N4. The van der Waals surface area contributed by atoms with Gasteiger partial charge in [0.15, 0.2) is 0 Å². The third-order valence-electron chi connectivity index (χ3n) is 2.13. The Labute approximate surface area is 60.5 Å². The maximum absolute atomic E-state index is 3.94. The van der Waals surface area contributed by atoms with Crippen LogP contribution in [0.15, 0.2) is 10.4 Å². The van der Waals surface area contributed by atoms with E-state index < -0.39 is 0 Å². The molecule has 2 rings (SSSR count). The van der Waals surface area contributed by atoms with Crippen LogP contribution in [-0.2, 0) is 0 Å². The Morgan fingerprint density at radius 2 is 1.60 bits per heavy atom. The van der Waals surface area contributed by atoms with Gasteiger partial charge in [-0.1, -0.05) is 10.4 Å². The van der Waals surface area contributed by atoms with Crippen molar-refractivity contribution in [1.82, 2.24) is 10.0 Å². The Morgan fingerprint density at radius 1 is 1.10 bits per heavy atom. The molecule has 0 spiro atoms. The topological polar surface area (TPSA) is 31.2 Å². The van der Waals surface area contributed by atoms with E-state index in [1.807, 2.05) is 24.1 Å². The Hall–Kier alpha value is -0.800. The van der Waals surface area contributed by atoms with Crippen molar-refractivity contribution in [3.8, 4) is 0 Å². The summed E-state index contributed by atoms with van der Waals surface area (Å²) >= 11 is 0. The average Bonchev–Trinajstić information content (AvgIpc) is 2.64. The lowest BCUT2D eigenvalue weighted by Gasteiger charge is -2.21. The van der Waals surface area contributed by atoms with E-state index in [-0.39, 0.29) is 0 Å². The number of hydrogen-bond donors (Lipinski definition) is 0. The van der Waals surface area contributed by atoms with Crippen molar-refractivity contribution in [1.29, 1.82) is 0 Å². The Morgan fingerprint density at radius 3 is 2.00 bits per heavy atom. The highest BCUT2D eigenvalue weighted by atomic mass is 15.8. The molecule has 1 saturated carbocycles. The molecule has 1 aliphatic heterocycles. The summed E-state index contributed by atoms with van der Waals surface area (Å²) in [5.41, 5.74) is 0. The zero-order valence-electron chi connectivity index (χ0n) is 6.36. The summed E-state index contributed by atoms with van der Waals surface area (Å²) < 4.78 is 0. The van der Waals surface area contributed by atoms with Gasteiger partial charge >= 0.3 is 0 Å². The molecule has 4 nitrogen and oxygen atoms in total. The zero-order chi connectivity index (χ0) is 7.14. The summed E-state index contributed by atoms with van der Waals surface area (Å²) in [7, 11) is 3.96. The predicted molar refractivity (Wildman–Crippen MR) is 36.9 cm³/mol. The fraction of sp³-hybridized carbons (Fsp3) is 1.00. The van der Waals surface area contributed by atoms with Crippen LogP contribution in [0.2, 0.25) is 0 Å². The second-order valence-corrected chi connectivity index (χ2v) is 3.08. The first-order valence-corrected chi connectivity index (χ1v) is 3.66. The molecule has 0 N–H and O–H groups in total. The average molecular weight is 140 g/mol. The van der Waals surface area contributed by atoms with Crippen molar-refractivity contribution in [3.63, 3.8) is 0 Å². The zero-order valence-corrected chi connectivity index (χ0v) is 6.36. The van der Waals surface area contributed by atoms with Crippen LogP contribution in [0.5, 0.6) is 0 Å². The third kappa shape index (κ3) is 0.751. The Bertz CT molecular complexity index is 151. The highest BCUT2D eigenvalue weighted by Gasteiger charge is 2.39. The third-order valence-corrected chi connectivity index (χ3v) is 2.13. The van der Waals surface area contributed by atoms with Crippen LogP contribution in [0.4, 0.5) is 0 Å². The van der Waals surface area contributed by atoms with E-state index >= 15 is 0 Å². The number of rotatable bonds is 1. The van der Waals surface area contributed by atoms with Gasteiger partial charge < -0.3 is 0 Å². The van der Waals surface area contributed by atoms with Gasteiger partial charge in [-0.3, -0.25) is 10.0 Å². The van der Waals surface area contributed by atoms with Gasteiger partial charge in [0.25, 0.3) is 0 Å². The molecule has 0 radical (unpaired) electrons. The molecule has 56 valence electrons. The van der Waals surface area contributed by atoms with Gasteiger partial charge in [0, 0.05) is 20.0 Å². The smallest absolute Gasteiger partial charge is 0.139 e. The largest absolute Gasteiger partial charge is 0.256 e. The predicted octanol–water partition coefficient (Wildman–Crippen LogP) is 0.882. The Kier molecular flexibility index (Phi) is 1.09. The molecule has 0 saturated heterocycles. The van der Waals surface area contributed by atoms with E-state index in [4.69, 9.17) is 0 Å². The molecule has 4 heteroatoms. The van der Waals surface area contributed by atoms with E-state index in [1.54, 1.807) is 0 Å². The molecule has 0 aromatic carbocycles. The summed E-state index contributed by atoms with van der Waals surface area (Å²) in [5, 5.41) is 11.8. The monoisotopic (exact) mass is 140 g/mol. The minimum atomic E-state index is 0.444. The summed E-state index contributed by atoms with van der Waals surface area (Å²) in [6.07, 6.45) is 3.12. The van der Waals surface area contributed by atoms with Crippen molar-refractivity contribution in [2.24, 2.45) is 16.4 Å². The van der Waals surface area contributed by atoms with Gasteiger partial charge in [-0.2, -0.15) is 0 Å². The molecule has 1 heterocycles. The Balaban J connectivity index is 2.05. The quantitative estimate of drug-likeness (QED) is 0.541. The van der Waals surface area contributed by atoms with Gasteiger partial charge in [-0.25, -0.2) is 0 Å². The summed E-state index contributed by atoms with van der Waals surface area (Å²) in [6, 6.07) is 0. The highest BCUT2D eigenvalue weighted by Crippen LogP contribution is 2.38. The minimum absolute atomic E-state index is 0.444. The summed E-state index contributed by atoms with van der Waals surface area (Å²) in [5.74, 6) is 0.810. The molecule has 0 unspecified atom stereocenters. The molecule has 1 fully saturated rings. The lowest BCUT2D eigenvalue weighted by Crippen LogP contribution is -2.35. The summed E-state index contributed by atoms with van der Waals surface area (Å²) in [4.78, 5) is 0. The van der Waals surface area contributed by atoms with Crippen molar-refractivity contribution < 1.29 is 0 Å². The van der Waals surface area contributed by atoms with Crippen LogP contribution in [0.25, 0.3) is 0 Å². The molecule has 0 atom stereocenters. The van der Waals surface area contributed by atoms with E-state index in [9.17, 15) is 0 Å². The second kappa shape index (κ2) is 1.84. The van der Waals surface area contributed by atoms with Crippen LogP contribution in [0.1, 0.15) is 12.8 Å². The van der Waals surface area contributed by atoms with Gasteiger partial charge in [0.2, 0.25) is 0 Å². The van der Waals surface area contributed by atoms with Crippen LogP contribution < -0.4 is 0 Å². The first-order valence-electron chi connectivity index (χ1n) is 3.66. The molecule has 0 bridgehead atoms. The molecule has 10 heavy (non-hydrogen) atoms. The molecule has 2 aliphatic rings. The molecule has 1 aliphatic carbocycles. The van der Waals surface area contributed by atoms with E-state index in [0.29, 0.717) is 6.17 Å². The summed E-state index contributed by atoms with van der Waals surface area (Å²) in [6.45, 7) is 0. The maximum atomic E-state index is 3.94. The fourth-order valence-corrected chi connectivity index (χ4v) is 1.48. The molecule has 0 amide bonds. The van der Waals surface area contributed by atoms with Gasteiger partial charge in [-0.05, 0) is 12.8 Å². The van der Waals surface area contributed by atoms with Crippen LogP contribution >= 0.6 is 0 Å². The first kappa shape index (κ1) is 5.95.